The van der Waals surface area contributed by atoms with E-state index in [1.54, 1.807) is 13.0 Å². The Labute approximate surface area is 152 Å². The number of rotatable bonds is 3. The summed E-state index contributed by atoms with van der Waals surface area (Å²) in [6.45, 7) is 2.37. The highest BCUT2D eigenvalue weighted by Gasteiger charge is 2.25. The van der Waals surface area contributed by atoms with Gasteiger partial charge in [0.15, 0.2) is 5.13 Å². The number of aromatic amines is 1. The van der Waals surface area contributed by atoms with Gasteiger partial charge in [-0.25, -0.2) is 4.98 Å². The number of hydrogen-bond acceptors (Lipinski definition) is 5. The van der Waals surface area contributed by atoms with Crippen molar-refractivity contribution in [3.05, 3.63) is 46.1 Å². The molecular formula is C18H16N4O3S. The second kappa shape index (κ2) is 6.38. The number of amides is 2. The molecule has 8 heteroatoms. The smallest absolute Gasteiger partial charge is 0.298 e. The van der Waals surface area contributed by atoms with Crippen molar-refractivity contribution in [3.8, 4) is 0 Å². The lowest BCUT2D eigenvalue weighted by Crippen LogP contribution is -2.23. The van der Waals surface area contributed by atoms with E-state index in [-0.39, 0.29) is 11.0 Å². The first-order valence-electron chi connectivity index (χ1n) is 8.25. The van der Waals surface area contributed by atoms with Gasteiger partial charge < -0.3 is 10.3 Å². The van der Waals surface area contributed by atoms with Gasteiger partial charge in [-0.15, -0.1) is 0 Å². The highest BCUT2D eigenvalue weighted by molar-refractivity contribution is 7.17. The van der Waals surface area contributed by atoms with Crippen LogP contribution in [0.5, 0.6) is 0 Å². The second-order valence-electron chi connectivity index (χ2n) is 6.11. The van der Waals surface area contributed by atoms with E-state index in [0.29, 0.717) is 40.2 Å². The molecule has 7 nitrogen and oxygen atoms in total. The maximum absolute atomic E-state index is 12.7. The molecule has 0 saturated carbocycles. The van der Waals surface area contributed by atoms with Gasteiger partial charge in [-0.1, -0.05) is 29.5 Å². The predicted molar refractivity (Wildman–Crippen MR) is 98.8 cm³/mol. The van der Waals surface area contributed by atoms with Gasteiger partial charge in [-0.3, -0.25) is 19.7 Å². The van der Waals surface area contributed by atoms with Crippen LogP contribution in [0.1, 0.15) is 37.8 Å². The highest BCUT2D eigenvalue weighted by atomic mass is 32.1. The van der Waals surface area contributed by atoms with Crippen LogP contribution in [0.3, 0.4) is 0 Å². The van der Waals surface area contributed by atoms with Gasteiger partial charge in [0, 0.05) is 23.1 Å². The number of nitrogens with zero attached hydrogens (tertiary/aromatic N) is 1. The van der Waals surface area contributed by atoms with Crippen molar-refractivity contribution in [1.82, 2.24) is 15.3 Å². The number of H-pyrrole nitrogens is 1. The lowest BCUT2D eigenvalue weighted by Gasteiger charge is -2.02. The molecule has 2 aromatic heterocycles. The summed E-state index contributed by atoms with van der Waals surface area (Å²) in [4.78, 5) is 45.0. The Morgan fingerprint density at radius 2 is 2.08 bits per heavy atom. The van der Waals surface area contributed by atoms with Gasteiger partial charge in [0.05, 0.1) is 11.3 Å². The first-order chi connectivity index (χ1) is 12.5. The standard InChI is InChI=1S/C18H16N4O3S/c1-9-13(10-5-2-3-6-11(10)20-9)14(23)16(24)22-18-21-12-7-4-8-19-17(25)15(12)26-18/h2-3,5-6,20H,4,7-8H2,1H3,(H,19,25)(H,21,22,24). The number of para-hydroxylation sites is 1. The average Bonchev–Trinajstić information content (AvgIpc) is 3.12. The summed E-state index contributed by atoms with van der Waals surface area (Å²) >= 11 is 1.09. The fourth-order valence-corrected chi connectivity index (χ4v) is 4.05. The van der Waals surface area contributed by atoms with E-state index in [1.165, 1.54) is 0 Å². The molecule has 0 aliphatic carbocycles. The first kappa shape index (κ1) is 16.5. The number of fused-ring (bicyclic) bond motifs is 2. The Kier molecular flexibility index (Phi) is 4.04. The fraction of sp³-hybridized carbons (Fsp3) is 0.222. The van der Waals surface area contributed by atoms with Crippen LogP contribution >= 0.6 is 11.3 Å². The number of anilines is 1. The van der Waals surface area contributed by atoms with Crippen LogP contribution < -0.4 is 10.6 Å². The minimum absolute atomic E-state index is 0.186. The molecule has 26 heavy (non-hydrogen) atoms. The molecule has 0 fully saturated rings. The molecule has 132 valence electrons. The molecule has 0 radical (unpaired) electrons. The third-order valence-electron chi connectivity index (χ3n) is 4.33. The van der Waals surface area contributed by atoms with Crippen LogP contribution in [0.4, 0.5) is 5.13 Å². The number of carbonyl (C=O) groups excluding carboxylic acids is 3. The van der Waals surface area contributed by atoms with Crippen LogP contribution in [0.25, 0.3) is 10.9 Å². The van der Waals surface area contributed by atoms with Crippen LogP contribution in [0.15, 0.2) is 24.3 Å². The van der Waals surface area contributed by atoms with Gasteiger partial charge in [0.2, 0.25) is 0 Å². The molecule has 1 aliphatic heterocycles. The molecule has 3 N–H and O–H groups in total. The number of carbonyl (C=O) groups is 3. The molecule has 0 bridgehead atoms. The Morgan fingerprint density at radius 3 is 2.92 bits per heavy atom. The number of aromatic nitrogens is 2. The van der Waals surface area contributed by atoms with E-state index in [4.69, 9.17) is 0 Å². The van der Waals surface area contributed by atoms with Crippen molar-refractivity contribution in [2.75, 3.05) is 11.9 Å². The predicted octanol–water partition coefficient (Wildman–Crippen LogP) is 2.43. The van der Waals surface area contributed by atoms with E-state index in [2.05, 4.69) is 20.6 Å². The lowest BCUT2D eigenvalue weighted by molar-refractivity contribution is -0.112. The summed E-state index contributed by atoms with van der Waals surface area (Å²) in [6, 6.07) is 7.34. The maximum atomic E-state index is 12.7. The molecule has 0 unspecified atom stereocenters. The van der Waals surface area contributed by atoms with Crippen LogP contribution in [0, 0.1) is 6.92 Å². The van der Waals surface area contributed by atoms with Crippen molar-refractivity contribution in [2.24, 2.45) is 0 Å². The zero-order valence-electron chi connectivity index (χ0n) is 14.0. The Bertz CT molecular complexity index is 1050. The number of thiazole rings is 1. The number of aryl methyl sites for hydroxylation is 2. The van der Waals surface area contributed by atoms with E-state index in [0.717, 1.165) is 23.3 Å². The van der Waals surface area contributed by atoms with Crippen LogP contribution in [-0.2, 0) is 11.2 Å². The number of Topliss-reactive ketones (excluding diaryl/α,β-unsaturated/α-hetero) is 1. The summed E-state index contributed by atoms with van der Waals surface area (Å²) in [5.74, 6) is -1.58. The third-order valence-corrected chi connectivity index (χ3v) is 5.34. The molecule has 2 amide bonds. The molecule has 4 rings (SSSR count). The van der Waals surface area contributed by atoms with Crippen molar-refractivity contribution in [3.63, 3.8) is 0 Å². The van der Waals surface area contributed by atoms with Crippen molar-refractivity contribution in [1.29, 1.82) is 0 Å². The van der Waals surface area contributed by atoms with Crippen LogP contribution in [-0.4, -0.2) is 34.1 Å². The Balaban J connectivity index is 1.60. The summed E-state index contributed by atoms with van der Waals surface area (Å²) in [7, 11) is 0. The zero-order chi connectivity index (χ0) is 18.3. The number of nitrogens with one attached hydrogen (secondary N) is 3. The second-order valence-corrected chi connectivity index (χ2v) is 7.11. The van der Waals surface area contributed by atoms with Gasteiger partial charge in [-0.05, 0) is 25.8 Å². The topological polar surface area (TPSA) is 104 Å². The minimum atomic E-state index is -0.762. The molecule has 1 aliphatic rings. The largest absolute Gasteiger partial charge is 0.358 e. The van der Waals surface area contributed by atoms with Gasteiger partial charge in [0.25, 0.3) is 17.6 Å². The molecule has 3 aromatic rings. The Morgan fingerprint density at radius 1 is 1.27 bits per heavy atom. The Hall–Kier alpha value is -3.00. The van der Waals surface area contributed by atoms with Crippen molar-refractivity contribution >= 4 is 45.0 Å². The quantitative estimate of drug-likeness (QED) is 0.488. The molecule has 3 heterocycles. The summed E-state index contributed by atoms with van der Waals surface area (Å²) in [6.07, 6.45) is 1.46. The zero-order valence-corrected chi connectivity index (χ0v) is 14.8. The highest BCUT2D eigenvalue weighted by Crippen LogP contribution is 2.27. The summed E-state index contributed by atoms with van der Waals surface area (Å²) < 4.78 is 0. The number of benzene rings is 1. The van der Waals surface area contributed by atoms with E-state index in [9.17, 15) is 14.4 Å². The monoisotopic (exact) mass is 368 g/mol. The number of ketones is 1. The van der Waals surface area contributed by atoms with E-state index < -0.39 is 11.7 Å². The SMILES string of the molecule is Cc1[nH]c2ccccc2c1C(=O)C(=O)Nc1nc2c(s1)C(=O)NCCC2. The van der Waals surface area contributed by atoms with Gasteiger partial charge in [0.1, 0.15) is 4.88 Å². The van der Waals surface area contributed by atoms with E-state index in [1.807, 2.05) is 18.2 Å². The normalized spacial score (nSPS) is 13.8. The van der Waals surface area contributed by atoms with Crippen LogP contribution in [0.2, 0.25) is 0 Å². The fourth-order valence-electron chi connectivity index (χ4n) is 3.13. The van der Waals surface area contributed by atoms with Crippen molar-refractivity contribution < 1.29 is 14.4 Å². The average molecular weight is 368 g/mol. The summed E-state index contributed by atoms with van der Waals surface area (Å²) in [5.41, 5.74) is 2.46. The third kappa shape index (κ3) is 2.78. The summed E-state index contributed by atoms with van der Waals surface area (Å²) in [5, 5.41) is 6.31. The molecule has 0 saturated heterocycles. The first-order valence-corrected chi connectivity index (χ1v) is 9.07. The lowest BCUT2D eigenvalue weighted by atomic mass is 10.1. The molecule has 0 spiro atoms. The van der Waals surface area contributed by atoms with E-state index >= 15 is 0 Å². The number of hydrogen-bond donors (Lipinski definition) is 3. The van der Waals surface area contributed by atoms with Gasteiger partial charge in [-0.2, -0.15) is 0 Å². The maximum Gasteiger partial charge on any atom is 0.298 e. The van der Waals surface area contributed by atoms with Gasteiger partial charge >= 0.3 is 0 Å². The molecule has 1 aromatic carbocycles. The minimum Gasteiger partial charge on any atom is -0.358 e. The van der Waals surface area contributed by atoms with Crippen molar-refractivity contribution in [2.45, 2.75) is 19.8 Å². The molecular weight excluding hydrogens is 352 g/mol. The molecule has 0 atom stereocenters.